The predicted molar refractivity (Wildman–Crippen MR) is 79.5 cm³/mol. The Kier molecular flexibility index (Phi) is 4.24. The molecule has 0 aliphatic rings. The van der Waals surface area contributed by atoms with E-state index in [2.05, 4.69) is 27.5 Å². The first-order chi connectivity index (χ1) is 9.65. The van der Waals surface area contributed by atoms with E-state index < -0.39 is 0 Å². The Labute approximate surface area is 117 Å². The summed E-state index contributed by atoms with van der Waals surface area (Å²) in [5.74, 6) is 0.705. The SMILES string of the molecule is CCC(Nc1cc(C(=O)NC)ccc1N)c1ncc[nH]1. The van der Waals surface area contributed by atoms with Gasteiger partial charge in [0.05, 0.1) is 17.4 Å². The minimum Gasteiger partial charge on any atom is -0.397 e. The zero-order valence-electron chi connectivity index (χ0n) is 11.6. The molecular formula is C14H19N5O. The van der Waals surface area contributed by atoms with Gasteiger partial charge in [-0.25, -0.2) is 4.98 Å². The van der Waals surface area contributed by atoms with Crippen LogP contribution in [0.2, 0.25) is 0 Å². The number of carbonyl (C=O) groups is 1. The quantitative estimate of drug-likeness (QED) is 0.626. The normalized spacial score (nSPS) is 11.9. The number of aromatic amines is 1. The molecule has 2 aromatic rings. The lowest BCUT2D eigenvalue weighted by Crippen LogP contribution is -2.19. The summed E-state index contributed by atoms with van der Waals surface area (Å²) in [4.78, 5) is 19.0. The first kappa shape index (κ1) is 13.9. The molecule has 1 aromatic carbocycles. The van der Waals surface area contributed by atoms with Crippen LogP contribution in [0.25, 0.3) is 0 Å². The summed E-state index contributed by atoms with van der Waals surface area (Å²) in [6, 6.07) is 5.20. The van der Waals surface area contributed by atoms with Gasteiger partial charge in [-0.05, 0) is 24.6 Å². The topological polar surface area (TPSA) is 95.8 Å². The molecule has 2 rings (SSSR count). The summed E-state index contributed by atoms with van der Waals surface area (Å²) in [6.07, 6.45) is 4.34. The van der Waals surface area contributed by atoms with Crippen LogP contribution in [0.5, 0.6) is 0 Å². The lowest BCUT2D eigenvalue weighted by molar-refractivity contribution is 0.0963. The number of carbonyl (C=O) groups excluding carboxylic acids is 1. The summed E-state index contributed by atoms with van der Waals surface area (Å²) in [6.45, 7) is 2.05. The third-order valence-electron chi connectivity index (χ3n) is 3.13. The summed E-state index contributed by atoms with van der Waals surface area (Å²) in [5, 5.41) is 5.92. The van der Waals surface area contributed by atoms with E-state index in [1.165, 1.54) is 0 Å². The number of anilines is 2. The highest BCUT2D eigenvalue weighted by atomic mass is 16.1. The van der Waals surface area contributed by atoms with E-state index in [0.29, 0.717) is 11.3 Å². The Balaban J connectivity index is 2.25. The molecule has 1 heterocycles. The third kappa shape index (κ3) is 2.90. The van der Waals surface area contributed by atoms with Gasteiger partial charge in [-0.3, -0.25) is 4.79 Å². The van der Waals surface area contributed by atoms with Gasteiger partial charge < -0.3 is 21.4 Å². The molecule has 106 valence electrons. The van der Waals surface area contributed by atoms with Crippen molar-refractivity contribution in [1.29, 1.82) is 0 Å². The molecule has 0 aliphatic carbocycles. The Morgan fingerprint density at radius 3 is 2.90 bits per heavy atom. The zero-order valence-corrected chi connectivity index (χ0v) is 11.6. The van der Waals surface area contributed by atoms with Gasteiger partial charge in [0, 0.05) is 25.0 Å². The van der Waals surface area contributed by atoms with E-state index in [0.717, 1.165) is 17.9 Å². The number of nitrogens with zero attached hydrogens (tertiary/aromatic N) is 1. The van der Waals surface area contributed by atoms with Gasteiger partial charge in [-0.2, -0.15) is 0 Å². The van der Waals surface area contributed by atoms with Crippen LogP contribution >= 0.6 is 0 Å². The molecule has 0 radical (unpaired) electrons. The van der Waals surface area contributed by atoms with Crippen LogP contribution < -0.4 is 16.4 Å². The molecule has 1 aromatic heterocycles. The molecule has 6 heteroatoms. The summed E-state index contributed by atoms with van der Waals surface area (Å²) in [7, 11) is 1.60. The third-order valence-corrected chi connectivity index (χ3v) is 3.13. The smallest absolute Gasteiger partial charge is 0.251 e. The van der Waals surface area contributed by atoms with Crippen LogP contribution in [0.1, 0.15) is 35.6 Å². The van der Waals surface area contributed by atoms with E-state index in [1.807, 2.05) is 0 Å². The highest BCUT2D eigenvalue weighted by Gasteiger charge is 2.14. The number of nitrogen functional groups attached to an aromatic ring is 1. The molecule has 0 saturated heterocycles. The maximum absolute atomic E-state index is 11.7. The number of H-pyrrole nitrogens is 1. The first-order valence-corrected chi connectivity index (χ1v) is 6.53. The Morgan fingerprint density at radius 2 is 2.30 bits per heavy atom. The average molecular weight is 273 g/mol. The lowest BCUT2D eigenvalue weighted by Gasteiger charge is -2.18. The predicted octanol–water partition coefficient (Wildman–Crippen LogP) is 1.91. The second-order valence-corrected chi connectivity index (χ2v) is 4.46. The Hall–Kier alpha value is -2.50. The van der Waals surface area contributed by atoms with Gasteiger partial charge in [0.1, 0.15) is 5.82 Å². The average Bonchev–Trinajstić information content (AvgIpc) is 2.99. The molecular weight excluding hydrogens is 254 g/mol. The number of hydrogen-bond donors (Lipinski definition) is 4. The van der Waals surface area contributed by atoms with Crippen molar-refractivity contribution in [3.8, 4) is 0 Å². The Bertz CT molecular complexity index is 579. The minimum absolute atomic E-state index is 0.0206. The second-order valence-electron chi connectivity index (χ2n) is 4.46. The number of nitrogens with one attached hydrogen (secondary N) is 3. The van der Waals surface area contributed by atoms with E-state index in [-0.39, 0.29) is 11.9 Å². The highest BCUT2D eigenvalue weighted by Crippen LogP contribution is 2.26. The van der Waals surface area contributed by atoms with Gasteiger partial charge >= 0.3 is 0 Å². The van der Waals surface area contributed by atoms with Gasteiger partial charge in [-0.15, -0.1) is 0 Å². The molecule has 0 saturated carbocycles. The van der Waals surface area contributed by atoms with Crippen molar-refractivity contribution >= 4 is 17.3 Å². The number of aromatic nitrogens is 2. The van der Waals surface area contributed by atoms with Crippen molar-refractivity contribution in [2.75, 3.05) is 18.1 Å². The van der Waals surface area contributed by atoms with Crippen LogP contribution in [0.4, 0.5) is 11.4 Å². The Morgan fingerprint density at radius 1 is 1.50 bits per heavy atom. The van der Waals surface area contributed by atoms with Crippen molar-refractivity contribution in [3.05, 3.63) is 42.0 Å². The maximum Gasteiger partial charge on any atom is 0.251 e. The summed E-state index contributed by atoms with van der Waals surface area (Å²) in [5.41, 5.74) is 7.86. The van der Waals surface area contributed by atoms with Gasteiger partial charge in [0.15, 0.2) is 0 Å². The van der Waals surface area contributed by atoms with Crippen LogP contribution in [-0.2, 0) is 0 Å². The number of amides is 1. The summed E-state index contributed by atoms with van der Waals surface area (Å²) >= 11 is 0. The van der Waals surface area contributed by atoms with E-state index in [9.17, 15) is 4.79 Å². The molecule has 6 nitrogen and oxygen atoms in total. The highest BCUT2D eigenvalue weighted by molar-refractivity contribution is 5.96. The largest absolute Gasteiger partial charge is 0.397 e. The number of imidazole rings is 1. The van der Waals surface area contributed by atoms with E-state index in [4.69, 9.17) is 5.73 Å². The number of benzene rings is 1. The number of rotatable bonds is 5. The van der Waals surface area contributed by atoms with Crippen molar-refractivity contribution in [1.82, 2.24) is 15.3 Å². The first-order valence-electron chi connectivity index (χ1n) is 6.53. The fourth-order valence-electron chi connectivity index (χ4n) is 1.99. The van der Waals surface area contributed by atoms with E-state index >= 15 is 0 Å². The molecule has 1 amide bonds. The molecule has 20 heavy (non-hydrogen) atoms. The lowest BCUT2D eigenvalue weighted by atomic mass is 10.1. The van der Waals surface area contributed by atoms with Crippen molar-refractivity contribution in [2.45, 2.75) is 19.4 Å². The fourth-order valence-corrected chi connectivity index (χ4v) is 1.99. The molecule has 5 N–H and O–H groups in total. The van der Waals surface area contributed by atoms with Crippen LogP contribution in [0, 0.1) is 0 Å². The van der Waals surface area contributed by atoms with E-state index in [1.54, 1.807) is 37.6 Å². The molecule has 0 fully saturated rings. The zero-order chi connectivity index (χ0) is 14.5. The van der Waals surface area contributed by atoms with Crippen LogP contribution in [0.3, 0.4) is 0 Å². The van der Waals surface area contributed by atoms with Crippen molar-refractivity contribution in [3.63, 3.8) is 0 Å². The standard InChI is InChI=1S/C14H19N5O/c1-3-11(13-17-6-7-18-13)19-12-8-9(14(20)16-2)4-5-10(12)15/h4-8,11,19H,3,15H2,1-2H3,(H,16,20)(H,17,18). The summed E-state index contributed by atoms with van der Waals surface area (Å²) < 4.78 is 0. The maximum atomic E-state index is 11.7. The van der Waals surface area contributed by atoms with Gasteiger partial charge in [0.2, 0.25) is 0 Å². The molecule has 0 aliphatic heterocycles. The van der Waals surface area contributed by atoms with Crippen LogP contribution in [0.15, 0.2) is 30.6 Å². The monoisotopic (exact) mass is 273 g/mol. The van der Waals surface area contributed by atoms with Gasteiger partial charge in [-0.1, -0.05) is 6.92 Å². The molecule has 0 spiro atoms. The molecule has 1 atom stereocenters. The second kappa shape index (κ2) is 6.10. The molecule has 0 bridgehead atoms. The van der Waals surface area contributed by atoms with Crippen LogP contribution in [-0.4, -0.2) is 22.9 Å². The number of hydrogen-bond acceptors (Lipinski definition) is 4. The number of nitrogens with two attached hydrogens (primary N) is 1. The fraction of sp³-hybridized carbons (Fsp3) is 0.286. The molecule has 1 unspecified atom stereocenters. The minimum atomic E-state index is -0.140. The van der Waals surface area contributed by atoms with Crippen molar-refractivity contribution in [2.24, 2.45) is 0 Å². The van der Waals surface area contributed by atoms with Gasteiger partial charge in [0.25, 0.3) is 5.91 Å². The van der Waals surface area contributed by atoms with Crippen molar-refractivity contribution < 1.29 is 4.79 Å².